The largest absolute Gasteiger partial charge is 0.323 e. The molecule has 0 aliphatic carbocycles. The average Bonchev–Trinajstić information content (AvgIpc) is 2.46. The van der Waals surface area contributed by atoms with Crippen LogP contribution in [0.1, 0.15) is 34.5 Å². The molecular weight excluding hydrogens is 234 g/mol. The minimum Gasteiger partial charge on any atom is -0.323 e. The number of hydrogen-bond donors (Lipinski definition) is 1. The third kappa shape index (κ3) is 2.91. The summed E-state index contributed by atoms with van der Waals surface area (Å²) < 4.78 is 0. The molecule has 2 aromatic rings. The molecule has 2 nitrogen and oxygen atoms in total. The number of benzene rings is 2. The zero-order valence-corrected chi connectivity index (χ0v) is 11.3. The molecule has 2 rings (SSSR count). The molecule has 0 radical (unpaired) electrons. The second kappa shape index (κ2) is 5.81. The summed E-state index contributed by atoms with van der Waals surface area (Å²) in [6.45, 7) is 3.85. The topological polar surface area (TPSA) is 43.1 Å². The van der Waals surface area contributed by atoms with Crippen molar-refractivity contribution < 1.29 is 4.79 Å². The molecule has 0 saturated carbocycles. The summed E-state index contributed by atoms with van der Waals surface area (Å²) in [6, 6.07) is 17.1. The smallest absolute Gasteiger partial charge is 0.167 e. The maximum atomic E-state index is 12.5. The summed E-state index contributed by atoms with van der Waals surface area (Å²) in [4.78, 5) is 12.5. The molecular formula is C17H19NO. The molecule has 0 heterocycles. The van der Waals surface area contributed by atoms with Crippen molar-refractivity contribution in [3.8, 4) is 0 Å². The van der Waals surface area contributed by atoms with Crippen LogP contribution in [0.25, 0.3) is 0 Å². The van der Waals surface area contributed by atoms with Gasteiger partial charge in [0.25, 0.3) is 0 Å². The highest BCUT2D eigenvalue weighted by molar-refractivity contribution is 5.99. The molecule has 0 saturated heterocycles. The first-order valence-corrected chi connectivity index (χ1v) is 6.51. The van der Waals surface area contributed by atoms with E-state index in [9.17, 15) is 4.79 Å². The van der Waals surface area contributed by atoms with Crippen molar-refractivity contribution in [2.75, 3.05) is 0 Å². The Hall–Kier alpha value is -1.93. The fourth-order valence-electron chi connectivity index (χ4n) is 2.22. The van der Waals surface area contributed by atoms with Crippen LogP contribution in [-0.2, 0) is 0 Å². The monoisotopic (exact) mass is 253 g/mol. The minimum absolute atomic E-state index is 0.106. The SMILES string of the molecule is Cc1ccccc1C(=O)C(C)C(N)c1ccccc1. The molecule has 0 bridgehead atoms. The highest BCUT2D eigenvalue weighted by atomic mass is 16.1. The van der Waals surface area contributed by atoms with Crippen LogP contribution in [0.5, 0.6) is 0 Å². The van der Waals surface area contributed by atoms with E-state index < -0.39 is 0 Å². The first kappa shape index (κ1) is 13.5. The van der Waals surface area contributed by atoms with E-state index in [0.29, 0.717) is 0 Å². The fourth-order valence-corrected chi connectivity index (χ4v) is 2.22. The van der Waals surface area contributed by atoms with Gasteiger partial charge in [-0.3, -0.25) is 4.79 Å². The first-order valence-electron chi connectivity index (χ1n) is 6.51. The summed E-state index contributed by atoms with van der Waals surface area (Å²) in [6.07, 6.45) is 0. The summed E-state index contributed by atoms with van der Waals surface area (Å²) in [7, 11) is 0. The van der Waals surface area contributed by atoms with Gasteiger partial charge in [0, 0.05) is 17.5 Å². The van der Waals surface area contributed by atoms with Crippen LogP contribution in [0.15, 0.2) is 54.6 Å². The quantitative estimate of drug-likeness (QED) is 0.847. The van der Waals surface area contributed by atoms with Gasteiger partial charge in [-0.1, -0.05) is 61.5 Å². The summed E-state index contributed by atoms with van der Waals surface area (Å²) in [5.74, 6) is -0.127. The third-order valence-corrected chi connectivity index (χ3v) is 3.55. The predicted molar refractivity (Wildman–Crippen MR) is 78.0 cm³/mol. The number of hydrogen-bond acceptors (Lipinski definition) is 2. The predicted octanol–water partition coefficient (Wildman–Crippen LogP) is 3.51. The van der Waals surface area contributed by atoms with Gasteiger partial charge >= 0.3 is 0 Å². The van der Waals surface area contributed by atoms with Crippen LogP contribution in [-0.4, -0.2) is 5.78 Å². The van der Waals surface area contributed by atoms with Crippen molar-refractivity contribution in [3.63, 3.8) is 0 Å². The van der Waals surface area contributed by atoms with E-state index in [0.717, 1.165) is 16.7 Å². The lowest BCUT2D eigenvalue weighted by atomic mass is 9.87. The molecule has 19 heavy (non-hydrogen) atoms. The zero-order chi connectivity index (χ0) is 13.8. The maximum absolute atomic E-state index is 12.5. The summed E-state index contributed by atoms with van der Waals surface area (Å²) >= 11 is 0. The number of Topliss-reactive ketones (excluding diaryl/α,β-unsaturated/α-hetero) is 1. The van der Waals surface area contributed by atoms with Crippen LogP contribution < -0.4 is 5.73 Å². The van der Waals surface area contributed by atoms with Gasteiger partial charge < -0.3 is 5.73 Å². The van der Waals surface area contributed by atoms with Crippen molar-refractivity contribution in [1.29, 1.82) is 0 Å². The van der Waals surface area contributed by atoms with E-state index in [1.54, 1.807) is 0 Å². The molecule has 98 valence electrons. The van der Waals surface area contributed by atoms with E-state index >= 15 is 0 Å². The van der Waals surface area contributed by atoms with E-state index in [1.807, 2.05) is 68.4 Å². The van der Waals surface area contributed by atoms with Gasteiger partial charge in [-0.2, -0.15) is 0 Å². The Bertz CT molecular complexity index is 562. The van der Waals surface area contributed by atoms with Crippen LogP contribution in [0.3, 0.4) is 0 Å². The van der Waals surface area contributed by atoms with Gasteiger partial charge in [0.1, 0.15) is 0 Å². The van der Waals surface area contributed by atoms with Gasteiger partial charge in [-0.05, 0) is 18.1 Å². The van der Waals surface area contributed by atoms with Crippen molar-refractivity contribution in [1.82, 2.24) is 0 Å². The Morgan fingerprint density at radius 3 is 2.21 bits per heavy atom. The van der Waals surface area contributed by atoms with E-state index in [-0.39, 0.29) is 17.7 Å². The molecule has 2 heteroatoms. The van der Waals surface area contributed by atoms with Gasteiger partial charge in [-0.25, -0.2) is 0 Å². The number of carbonyl (C=O) groups excluding carboxylic acids is 1. The van der Waals surface area contributed by atoms with Gasteiger partial charge in [0.15, 0.2) is 5.78 Å². The first-order chi connectivity index (χ1) is 9.11. The van der Waals surface area contributed by atoms with Crippen molar-refractivity contribution in [2.45, 2.75) is 19.9 Å². The summed E-state index contributed by atoms with van der Waals surface area (Å²) in [5.41, 5.74) is 8.97. The molecule has 0 aromatic heterocycles. The Kier molecular flexibility index (Phi) is 4.13. The standard InChI is InChI=1S/C17H19NO/c1-12-8-6-7-11-15(12)17(19)13(2)16(18)14-9-4-3-5-10-14/h3-11,13,16H,18H2,1-2H3. The normalized spacial score (nSPS) is 13.8. The minimum atomic E-state index is -0.270. The highest BCUT2D eigenvalue weighted by Crippen LogP contribution is 2.23. The summed E-state index contributed by atoms with van der Waals surface area (Å²) in [5, 5.41) is 0. The number of aryl methyl sites for hydroxylation is 1. The van der Waals surface area contributed by atoms with Gasteiger partial charge in [0.2, 0.25) is 0 Å². The van der Waals surface area contributed by atoms with Crippen molar-refractivity contribution in [3.05, 3.63) is 71.3 Å². The van der Waals surface area contributed by atoms with Crippen LogP contribution in [0.2, 0.25) is 0 Å². The Morgan fingerprint density at radius 1 is 1.00 bits per heavy atom. The van der Waals surface area contributed by atoms with E-state index in [4.69, 9.17) is 5.73 Å². The molecule has 0 spiro atoms. The zero-order valence-electron chi connectivity index (χ0n) is 11.3. The lowest BCUT2D eigenvalue weighted by molar-refractivity contribution is 0.0912. The Labute approximate surface area is 114 Å². The van der Waals surface area contributed by atoms with Crippen LogP contribution >= 0.6 is 0 Å². The molecule has 0 amide bonds. The fraction of sp³-hybridized carbons (Fsp3) is 0.235. The molecule has 0 aliphatic heterocycles. The highest BCUT2D eigenvalue weighted by Gasteiger charge is 2.23. The van der Waals surface area contributed by atoms with E-state index in [2.05, 4.69) is 0 Å². The molecule has 2 aromatic carbocycles. The van der Waals surface area contributed by atoms with Crippen LogP contribution in [0, 0.1) is 12.8 Å². The number of nitrogens with two attached hydrogens (primary N) is 1. The van der Waals surface area contributed by atoms with Crippen molar-refractivity contribution in [2.24, 2.45) is 11.7 Å². The lowest BCUT2D eigenvalue weighted by Crippen LogP contribution is -2.26. The van der Waals surface area contributed by atoms with Crippen LogP contribution in [0.4, 0.5) is 0 Å². The molecule has 2 N–H and O–H groups in total. The molecule has 0 fully saturated rings. The Balaban J connectivity index is 2.23. The maximum Gasteiger partial charge on any atom is 0.167 e. The number of ketones is 1. The Morgan fingerprint density at radius 2 is 1.58 bits per heavy atom. The average molecular weight is 253 g/mol. The molecule has 2 unspecified atom stereocenters. The second-order valence-corrected chi connectivity index (χ2v) is 4.90. The lowest BCUT2D eigenvalue weighted by Gasteiger charge is -2.20. The molecule has 0 aliphatic rings. The van der Waals surface area contributed by atoms with Gasteiger partial charge in [-0.15, -0.1) is 0 Å². The van der Waals surface area contributed by atoms with Gasteiger partial charge in [0.05, 0.1) is 0 Å². The molecule has 2 atom stereocenters. The number of rotatable bonds is 4. The van der Waals surface area contributed by atoms with E-state index in [1.165, 1.54) is 0 Å². The number of carbonyl (C=O) groups is 1. The third-order valence-electron chi connectivity index (χ3n) is 3.55. The second-order valence-electron chi connectivity index (χ2n) is 4.90. The van der Waals surface area contributed by atoms with Crippen molar-refractivity contribution >= 4 is 5.78 Å².